The molecule has 5 aliphatic rings. The number of likely N-dealkylation sites (tertiary alicyclic amines) is 1. The van der Waals surface area contributed by atoms with Crippen molar-refractivity contribution >= 4 is 15.9 Å². The summed E-state index contributed by atoms with van der Waals surface area (Å²) in [7, 11) is -1.25. The molecule has 5 saturated heterocycles. The first-order chi connectivity index (χ1) is 17.2. The molecule has 5 fully saturated rings. The Morgan fingerprint density at radius 1 is 1.06 bits per heavy atom. The van der Waals surface area contributed by atoms with Crippen molar-refractivity contribution in [1.82, 2.24) is 40.5 Å². The number of rotatable bonds is 5. The molecule has 0 saturated carbocycles. The zero-order chi connectivity index (χ0) is 25.4. The van der Waals surface area contributed by atoms with Crippen molar-refractivity contribution in [2.75, 3.05) is 72.5 Å². The van der Waals surface area contributed by atoms with Crippen LogP contribution in [0.3, 0.4) is 0 Å². The highest BCUT2D eigenvalue weighted by Gasteiger charge is 2.48. The van der Waals surface area contributed by atoms with Gasteiger partial charge in [0, 0.05) is 51.9 Å². The second-order valence-corrected chi connectivity index (χ2v) is 13.2. The third kappa shape index (κ3) is 5.43. The van der Waals surface area contributed by atoms with E-state index in [1.54, 1.807) is 9.31 Å². The molecule has 0 aromatic rings. The predicted octanol–water partition coefficient (Wildman–Crippen LogP) is -3.14. The summed E-state index contributed by atoms with van der Waals surface area (Å²) in [5, 5.41) is 11.1. The Hall–Kier alpha value is -0.970. The number of hydrogen-bond donors (Lipinski definition) is 5. The van der Waals surface area contributed by atoms with Crippen LogP contribution < -0.4 is 27.1 Å². The highest BCUT2D eigenvalue weighted by molar-refractivity contribution is 7.89. The monoisotopic (exact) mass is 531 g/mol. The summed E-state index contributed by atoms with van der Waals surface area (Å²) in [6, 6.07) is 0.0154. The van der Waals surface area contributed by atoms with Gasteiger partial charge in [0.15, 0.2) is 0 Å². The van der Waals surface area contributed by atoms with Crippen LogP contribution in [0, 0.1) is 5.92 Å². The van der Waals surface area contributed by atoms with Crippen LogP contribution in [0.2, 0.25) is 0 Å². The zero-order valence-electron chi connectivity index (χ0n) is 21.1. The van der Waals surface area contributed by atoms with Crippen molar-refractivity contribution in [3.63, 3.8) is 0 Å². The fraction of sp³-hybridized carbons (Fsp3) is 0.955. The molecule has 0 aromatic carbocycles. The van der Waals surface area contributed by atoms with E-state index in [9.17, 15) is 17.6 Å². The lowest BCUT2D eigenvalue weighted by atomic mass is 9.96. The molecule has 0 bridgehead atoms. The first kappa shape index (κ1) is 26.6. The van der Waals surface area contributed by atoms with Gasteiger partial charge in [0.25, 0.3) is 0 Å². The van der Waals surface area contributed by atoms with Gasteiger partial charge in [-0.1, -0.05) is 0 Å². The number of fused-ring (bicyclic) bond motifs is 1. The molecule has 5 aliphatic heterocycles. The van der Waals surface area contributed by atoms with Gasteiger partial charge in [0.05, 0.1) is 29.5 Å². The number of nitrogens with one attached hydrogen (secondary N) is 4. The van der Waals surface area contributed by atoms with Gasteiger partial charge in [-0.2, -0.15) is 4.31 Å². The van der Waals surface area contributed by atoms with Gasteiger partial charge in [-0.25, -0.2) is 23.2 Å². The van der Waals surface area contributed by atoms with E-state index >= 15 is 0 Å². The zero-order valence-corrected chi connectivity index (χ0v) is 21.9. The van der Waals surface area contributed by atoms with E-state index in [0.29, 0.717) is 45.6 Å². The normalized spacial score (nSPS) is 38.6. The number of amides is 1. The number of halogens is 1. The van der Waals surface area contributed by atoms with Gasteiger partial charge >= 0.3 is 0 Å². The fourth-order valence-corrected chi connectivity index (χ4v) is 8.37. The lowest BCUT2D eigenvalue weighted by molar-refractivity contribution is -0.128. The molecule has 1 amide bonds. The summed E-state index contributed by atoms with van der Waals surface area (Å²) in [6.07, 6.45) is 0.333. The molecule has 6 atom stereocenters. The number of sulfonamides is 1. The summed E-state index contributed by atoms with van der Waals surface area (Å²) in [6.45, 7) is 5.84. The van der Waals surface area contributed by atoms with Crippen molar-refractivity contribution < 1.29 is 17.6 Å². The van der Waals surface area contributed by atoms with Crippen LogP contribution in [0.15, 0.2) is 0 Å². The number of nitrogens with zero attached hydrogens (tertiary/aromatic N) is 4. The molecule has 6 N–H and O–H groups in total. The summed E-state index contributed by atoms with van der Waals surface area (Å²) >= 11 is 0. The molecule has 12 nitrogen and oxygen atoms in total. The van der Waals surface area contributed by atoms with Gasteiger partial charge in [-0.15, -0.1) is 0 Å². The van der Waals surface area contributed by atoms with Crippen LogP contribution in [0.25, 0.3) is 0 Å². The SMILES string of the molecule is CN1CCC(S(=O)(=O)N2CCN(C3CCNCC3NC(=O)C3C(N)NN4CC(F)CNC34)CC2)CC1. The van der Waals surface area contributed by atoms with Crippen LogP contribution >= 0.6 is 0 Å². The summed E-state index contributed by atoms with van der Waals surface area (Å²) in [4.78, 5) is 17.9. The van der Waals surface area contributed by atoms with Crippen molar-refractivity contribution in [3.05, 3.63) is 0 Å². The van der Waals surface area contributed by atoms with Crippen LogP contribution in [0.5, 0.6) is 0 Å². The Labute approximate surface area is 213 Å². The van der Waals surface area contributed by atoms with E-state index in [1.807, 2.05) is 7.05 Å². The van der Waals surface area contributed by atoms with E-state index in [0.717, 1.165) is 26.1 Å². The predicted molar refractivity (Wildman–Crippen MR) is 134 cm³/mol. The smallest absolute Gasteiger partial charge is 0.229 e. The standard InChI is InChI=1S/C22H42FN9O3S/c1-29-6-3-16(4-7-29)36(34,35)31-10-8-30(9-11-31)18-2-5-25-13-17(18)27-22(33)19-20(24)28-32-14-15(23)12-26-21(19)32/h15-21,25-26,28H,2-14,24H2,1H3,(H,27,33). The molecule has 0 aromatic heterocycles. The molecule has 0 radical (unpaired) electrons. The summed E-state index contributed by atoms with van der Waals surface area (Å²) < 4.78 is 41.9. The van der Waals surface area contributed by atoms with Crippen molar-refractivity contribution in [3.8, 4) is 0 Å². The van der Waals surface area contributed by atoms with Gasteiger partial charge < -0.3 is 21.3 Å². The Bertz CT molecular complexity index is 882. The quantitative estimate of drug-likeness (QED) is 0.247. The molecule has 6 unspecified atom stereocenters. The summed E-state index contributed by atoms with van der Waals surface area (Å²) in [5.41, 5.74) is 9.26. The minimum absolute atomic E-state index is 0.109. The first-order valence-electron chi connectivity index (χ1n) is 13.3. The molecule has 5 rings (SSSR count). The first-order valence-corrected chi connectivity index (χ1v) is 14.8. The fourth-order valence-electron chi connectivity index (χ4n) is 6.47. The Morgan fingerprint density at radius 2 is 1.78 bits per heavy atom. The molecular weight excluding hydrogens is 489 g/mol. The average Bonchev–Trinajstić information content (AvgIpc) is 3.19. The molecule has 206 valence electrons. The third-order valence-electron chi connectivity index (χ3n) is 8.59. The van der Waals surface area contributed by atoms with E-state index in [-0.39, 0.29) is 42.5 Å². The molecule has 14 heteroatoms. The number of hydrogen-bond acceptors (Lipinski definition) is 10. The van der Waals surface area contributed by atoms with E-state index in [4.69, 9.17) is 5.73 Å². The largest absolute Gasteiger partial charge is 0.350 e. The Morgan fingerprint density at radius 3 is 2.50 bits per heavy atom. The topological polar surface area (TPSA) is 138 Å². The minimum Gasteiger partial charge on any atom is -0.350 e. The molecule has 36 heavy (non-hydrogen) atoms. The number of hydrazine groups is 1. The lowest BCUT2D eigenvalue weighted by Crippen LogP contribution is -2.65. The van der Waals surface area contributed by atoms with Crippen molar-refractivity contribution in [1.29, 1.82) is 0 Å². The van der Waals surface area contributed by atoms with Crippen molar-refractivity contribution in [2.45, 2.75) is 55.1 Å². The summed E-state index contributed by atoms with van der Waals surface area (Å²) in [5.74, 6) is -0.675. The number of nitrogens with two attached hydrogens (primary N) is 1. The van der Waals surface area contributed by atoms with Crippen molar-refractivity contribution in [2.24, 2.45) is 11.7 Å². The minimum atomic E-state index is -3.29. The van der Waals surface area contributed by atoms with Crippen LogP contribution in [-0.4, -0.2) is 142 Å². The third-order valence-corrected chi connectivity index (χ3v) is 11.0. The maximum absolute atomic E-state index is 13.8. The number of piperazine rings is 1. The van der Waals surface area contributed by atoms with E-state index in [2.05, 4.69) is 31.2 Å². The van der Waals surface area contributed by atoms with Crippen LogP contribution in [-0.2, 0) is 14.8 Å². The van der Waals surface area contributed by atoms with Crippen LogP contribution in [0.4, 0.5) is 4.39 Å². The van der Waals surface area contributed by atoms with Crippen LogP contribution in [0.1, 0.15) is 19.3 Å². The number of piperidine rings is 2. The maximum atomic E-state index is 13.8. The number of carbonyl (C=O) groups is 1. The molecule has 5 heterocycles. The Balaban J connectivity index is 1.18. The second-order valence-electron chi connectivity index (χ2n) is 10.9. The number of alkyl halides is 1. The lowest BCUT2D eigenvalue weighted by Gasteiger charge is -2.45. The highest BCUT2D eigenvalue weighted by Crippen LogP contribution is 2.25. The average molecular weight is 532 g/mol. The Kier molecular flexibility index (Phi) is 8.16. The molecule has 0 spiro atoms. The molecular formula is C22H42FN9O3S. The molecule has 0 aliphatic carbocycles. The van der Waals surface area contributed by atoms with Gasteiger partial charge in [-0.3, -0.25) is 15.0 Å². The van der Waals surface area contributed by atoms with Gasteiger partial charge in [-0.05, 0) is 45.9 Å². The van der Waals surface area contributed by atoms with Gasteiger partial charge in [0.2, 0.25) is 15.9 Å². The number of carbonyl (C=O) groups excluding carboxylic acids is 1. The van der Waals surface area contributed by atoms with Gasteiger partial charge in [0.1, 0.15) is 6.17 Å². The highest BCUT2D eigenvalue weighted by atomic mass is 32.2. The van der Waals surface area contributed by atoms with E-state index in [1.165, 1.54) is 0 Å². The second kappa shape index (κ2) is 11.0. The maximum Gasteiger partial charge on any atom is 0.229 e. The van der Waals surface area contributed by atoms with E-state index < -0.39 is 28.3 Å².